The van der Waals surface area contributed by atoms with Gasteiger partial charge in [-0.2, -0.15) is 0 Å². The molecule has 2 aromatic heterocycles. The van der Waals surface area contributed by atoms with Gasteiger partial charge in [-0.3, -0.25) is 9.59 Å². The molecule has 0 aliphatic heterocycles. The number of benzene rings is 1. The molecule has 3 aromatic rings. The molecule has 0 fully saturated rings. The molecule has 2 amide bonds. The Bertz CT molecular complexity index is 1060. The SMILES string of the molecule is CCOc1ccc(NC(=O)c2sc(NC(=O)c3cccs3)c(C(=O)OC)c2C)cc1. The normalized spacial score (nSPS) is 10.4. The number of amides is 2. The van der Waals surface area contributed by atoms with Gasteiger partial charge in [-0.25, -0.2) is 4.79 Å². The number of thiophene rings is 2. The van der Waals surface area contributed by atoms with Gasteiger partial charge < -0.3 is 20.1 Å². The maximum atomic E-state index is 12.8. The summed E-state index contributed by atoms with van der Waals surface area (Å²) in [5.41, 5.74) is 1.20. The van der Waals surface area contributed by atoms with Gasteiger partial charge in [0.05, 0.1) is 29.0 Å². The highest BCUT2D eigenvalue weighted by Crippen LogP contribution is 2.35. The van der Waals surface area contributed by atoms with Gasteiger partial charge in [0.15, 0.2) is 0 Å². The number of esters is 1. The number of ether oxygens (including phenoxy) is 2. The van der Waals surface area contributed by atoms with Crippen LogP contribution in [0.25, 0.3) is 0 Å². The number of carbonyl (C=O) groups excluding carboxylic acids is 3. The van der Waals surface area contributed by atoms with E-state index in [-0.39, 0.29) is 22.4 Å². The Balaban J connectivity index is 1.86. The Morgan fingerprint density at radius 1 is 1.03 bits per heavy atom. The van der Waals surface area contributed by atoms with Gasteiger partial charge >= 0.3 is 5.97 Å². The molecule has 9 heteroatoms. The Morgan fingerprint density at radius 2 is 1.77 bits per heavy atom. The highest BCUT2D eigenvalue weighted by atomic mass is 32.1. The van der Waals surface area contributed by atoms with E-state index in [1.165, 1.54) is 18.4 Å². The minimum absolute atomic E-state index is 0.171. The number of rotatable bonds is 7. The van der Waals surface area contributed by atoms with Gasteiger partial charge in [-0.1, -0.05) is 6.07 Å². The van der Waals surface area contributed by atoms with Crippen LogP contribution >= 0.6 is 22.7 Å². The fraction of sp³-hybridized carbons (Fsp3) is 0.190. The van der Waals surface area contributed by atoms with Crippen molar-refractivity contribution in [2.75, 3.05) is 24.4 Å². The number of nitrogens with one attached hydrogen (secondary N) is 2. The zero-order valence-electron chi connectivity index (χ0n) is 16.6. The molecule has 2 heterocycles. The molecular formula is C21H20N2O5S2. The van der Waals surface area contributed by atoms with Crippen molar-refractivity contribution in [1.82, 2.24) is 0 Å². The number of carbonyl (C=O) groups is 3. The predicted molar refractivity (Wildman–Crippen MR) is 118 cm³/mol. The van der Waals surface area contributed by atoms with E-state index in [1.807, 2.05) is 6.92 Å². The second-order valence-corrected chi connectivity index (χ2v) is 8.06. The van der Waals surface area contributed by atoms with Gasteiger partial charge in [0, 0.05) is 5.69 Å². The Kier molecular flexibility index (Phi) is 6.86. The smallest absolute Gasteiger partial charge is 0.341 e. The summed E-state index contributed by atoms with van der Waals surface area (Å²) in [7, 11) is 1.25. The highest BCUT2D eigenvalue weighted by molar-refractivity contribution is 7.19. The monoisotopic (exact) mass is 444 g/mol. The first kappa shape index (κ1) is 21.5. The van der Waals surface area contributed by atoms with Gasteiger partial charge in [-0.15, -0.1) is 22.7 Å². The summed E-state index contributed by atoms with van der Waals surface area (Å²) in [4.78, 5) is 38.4. The molecule has 156 valence electrons. The van der Waals surface area contributed by atoms with Crippen molar-refractivity contribution >= 4 is 51.1 Å². The summed E-state index contributed by atoms with van der Waals surface area (Å²) in [6.07, 6.45) is 0. The van der Waals surface area contributed by atoms with Crippen LogP contribution in [0.15, 0.2) is 41.8 Å². The maximum Gasteiger partial charge on any atom is 0.341 e. The minimum atomic E-state index is -0.620. The Morgan fingerprint density at radius 3 is 2.37 bits per heavy atom. The number of hydrogen-bond acceptors (Lipinski definition) is 7. The maximum absolute atomic E-state index is 12.8. The van der Waals surface area contributed by atoms with Crippen LogP contribution in [0.4, 0.5) is 10.7 Å². The molecule has 30 heavy (non-hydrogen) atoms. The number of anilines is 2. The molecule has 3 rings (SSSR count). The lowest BCUT2D eigenvalue weighted by Gasteiger charge is -2.07. The van der Waals surface area contributed by atoms with Gasteiger partial charge in [0.2, 0.25) is 0 Å². The second-order valence-electron chi connectivity index (χ2n) is 6.09. The van der Waals surface area contributed by atoms with E-state index < -0.39 is 5.97 Å². The average Bonchev–Trinajstić information content (AvgIpc) is 3.38. The quantitative estimate of drug-likeness (QED) is 0.510. The van der Waals surface area contributed by atoms with Crippen LogP contribution in [0.2, 0.25) is 0 Å². The summed E-state index contributed by atoms with van der Waals surface area (Å²) < 4.78 is 10.2. The van der Waals surface area contributed by atoms with Crippen LogP contribution in [-0.2, 0) is 4.74 Å². The molecule has 7 nitrogen and oxygen atoms in total. The van der Waals surface area contributed by atoms with Crippen LogP contribution in [0, 0.1) is 6.92 Å². The first-order valence-electron chi connectivity index (χ1n) is 9.05. The van der Waals surface area contributed by atoms with E-state index >= 15 is 0 Å². The molecule has 0 aliphatic carbocycles. The highest BCUT2D eigenvalue weighted by Gasteiger charge is 2.26. The van der Waals surface area contributed by atoms with Gasteiger partial charge in [0.25, 0.3) is 11.8 Å². The average molecular weight is 445 g/mol. The van der Waals surface area contributed by atoms with Crippen LogP contribution in [0.3, 0.4) is 0 Å². The predicted octanol–water partition coefficient (Wildman–Crippen LogP) is 4.81. The third-order valence-corrected chi connectivity index (χ3v) is 6.21. The van der Waals surface area contributed by atoms with Crippen molar-refractivity contribution in [1.29, 1.82) is 0 Å². The summed E-state index contributed by atoms with van der Waals surface area (Å²) in [6, 6.07) is 10.4. The van der Waals surface area contributed by atoms with Crippen molar-refractivity contribution in [3.63, 3.8) is 0 Å². The summed E-state index contributed by atoms with van der Waals surface area (Å²) >= 11 is 2.31. The molecule has 0 atom stereocenters. The van der Waals surface area contributed by atoms with Crippen molar-refractivity contribution in [2.45, 2.75) is 13.8 Å². The zero-order chi connectivity index (χ0) is 21.7. The fourth-order valence-corrected chi connectivity index (χ4v) is 4.43. The topological polar surface area (TPSA) is 93.7 Å². The molecule has 1 aromatic carbocycles. The van der Waals surface area contributed by atoms with Gasteiger partial charge in [-0.05, 0) is 55.1 Å². The lowest BCUT2D eigenvalue weighted by Crippen LogP contribution is -2.13. The lowest BCUT2D eigenvalue weighted by atomic mass is 10.1. The van der Waals surface area contributed by atoms with Crippen LogP contribution < -0.4 is 15.4 Å². The number of hydrogen-bond donors (Lipinski definition) is 2. The van der Waals surface area contributed by atoms with Crippen molar-refractivity contribution in [2.24, 2.45) is 0 Å². The largest absolute Gasteiger partial charge is 0.494 e. The lowest BCUT2D eigenvalue weighted by molar-refractivity contribution is 0.0601. The second kappa shape index (κ2) is 9.55. The molecule has 0 radical (unpaired) electrons. The zero-order valence-corrected chi connectivity index (χ0v) is 18.2. The molecule has 0 saturated carbocycles. The minimum Gasteiger partial charge on any atom is -0.494 e. The third kappa shape index (κ3) is 4.69. The molecule has 0 spiro atoms. The van der Waals surface area contributed by atoms with E-state index in [2.05, 4.69) is 10.6 Å². The first-order valence-corrected chi connectivity index (χ1v) is 10.7. The number of methoxy groups -OCH3 is 1. The van der Waals surface area contributed by atoms with E-state index in [0.717, 1.165) is 11.3 Å². The van der Waals surface area contributed by atoms with Gasteiger partial charge in [0.1, 0.15) is 10.8 Å². The van der Waals surface area contributed by atoms with E-state index in [0.29, 0.717) is 33.4 Å². The van der Waals surface area contributed by atoms with Crippen LogP contribution in [0.5, 0.6) is 5.75 Å². The summed E-state index contributed by atoms with van der Waals surface area (Å²) in [6.45, 7) is 4.09. The Labute approximate surface area is 181 Å². The molecule has 0 aliphatic rings. The fourth-order valence-electron chi connectivity index (χ4n) is 2.73. The molecule has 0 bridgehead atoms. The first-order chi connectivity index (χ1) is 14.4. The Hall–Kier alpha value is -3.17. The standard InChI is InChI=1S/C21H20N2O5S2/c1-4-28-14-9-7-13(8-10-14)22-19(25)17-12(2)16(21(26)27-3)20(30-17)23-18(24)15-6-5-11-29-15/h5-11H,4H2,1-3H3,(H,22,25)(H,23,24). The summed E-state index contributed by atoms with van der Waals surface area (Å²) in [5, 5.41) is 7.58. The van der Waals surface area contributed by atoms with Crippen molar-refractivity contribution in [3.05, 3.63) is 62.7 Å². The molecule has 0 unspecified atom stereocenters. The summed E-state index contributed by atoms with van der Waals surface area (Å²) in [5.74, 6) is -0.655. The molecule has 2 N–H and O–H groups in total. The van der Waals surface area contributed by atoms with Crippen molar-refractivity contribution < 1.29 is 23.9 Å². The van der Waals surface area contributed by atoms with E-state index in [4.69, 9.17) is 9.47 Å². The van der Waals surface area contributed by atoms with Crippen LogP contribution in [0.1, 0.15) is 42.2 Å². The van der Waals surface area contributed by atoms with Crippen molar-refractivity contribution in [3.8, 4) is 5.75 Å². The molecular weight excluding hydrogens is 424 g/mol. The molecule has 0 saturated heterocycles. The third-order valence-electron chi connectivity index (χ3n) is 4.14. The van der Waals surface area contributed by atoms with E-state index in [1.54, 1.807) is 48.7 Å². The van der Waals surface area contributed by atoms with Crippen LogP contribution in [-0.4, -0.2) is 31.5 Å². The van der Waals surface area contributed by atoms with E-state index in [9.17, 15) is 14.4 Å².